The minimum absolute atomic E-state index is 0.0445. The molecular formula is C15H13ClF3N3O5S. The number of halogens is 4. The van der Waals surface area contributed by atoms with Crippen molar-refractivity contribution in [3.63, 3.8) is 0 Å². The van der Waals surface area contributed by atoms with Crippen molar-refractivity contribution in [2.75, 3.05) is 6.61 Å². The second-order valence-corrected chi connectivity index (χ2v) is 7.68. The monoisotopic (exact) mass is 439 g/mol. The Kier molecular flexibility index (Phi) is 6.47. The number of ether oxygens (including phenoxy) is 1. The summed E-state index contributed by atoms with van der Waals surface area (Å²) in [5.74, 6) is -0.393. The van der Waals surface area contributed by atoms with Crippen LogP contribution in [-0.2, 0) is 16.6 Å². The maximum Gasteiger partial charge on any atom is 0.422 e. The number of aromatic nitrogens is 1. The molecule has 0 fully saturated rings. The maximum atomic E-state index is 12.4. The van der Waals surface area contributed by atoms with Crippen LogP contribution in [0.4, 0.5) is 18.9 Å². The third kappa shape index (κ3) is 5.53. The molecule has 1 aromatic carbocycles. The van der Waals surface area contributed by atoms with Gasteiger partial charge in [-0.2, -0.15) is 13.2 Å². The number of sulfonamides is 1. The fourth-order valence-corrected chi connectivity index (χ4v) is 3.41. The van der Waals surface area contributed by atoms with Crippen molar-refractivity contribution in [1.82, 2.24) is 9.71 Å². The van der Waals surface area contributed by atoms with Gasteiger partial charge in [0.05, 0.1) is 14.8 Å². The number of hydrogen-bond acceptors (Lipinski definition) is 6. The van der Waals surface area contributed by atoms with Crippen LogP contribution in [0.1, 0.15) is 11.1 Å². The number of hydrogen-bond donors (Lipinski definition) is 1. The molecule has 1 heterocycles. The van der Waals surface area contributed by atoms with E-state index in [2.05, 4.69) is 14.4 Å². The third-order valence-corrected chi connectivity index (χ3v) is 5.25. The summed E-state index contributed by atoms with van der Waals surface area (Å²) >= 11 is 5.86. The highest BCUT2D eigenvalue weighted by molar-refractivity contribution is 7.89. The Balaban J connectivity index is 2.24. The molecule has 0 unspecified atom stereocenters. The van der Waals surface area contributed by atoms with E-state index in [1.807, 2.05) is 0 Å². The van der Waals surface area contributed by atoms with E-state index < -0.39 is 50.7 Å². The van der Waals surface area contributed by atoms with Gasteiger partial charge in [-0.25, -0.2) is 18.1 Å². The zero-order chi connectivity index (χ0) is 21.1. The van der Waals surface area contributed by atoms with E-state index in [-0.39, 0.29) is 16.1 Å². The summed E-state index contributed by atoms with van der Waals surface area (Å²) in [6, 6.07) is 4.59. The van der Waals surface area contributed by atoms with Crippen LogP contribution in [-0.4, -0.2) is 31.1 Å². The molecule has 0 aliphatic heterocycles. The molecule has 13 heteroatoms. The van der Waals surface area contributed by atoms with Crippen molar-refractivity contribution >= 4 is 27.3 Å². The lowest BCUT2D eigenvalue weighted by Crippen LogP contribution is -2.25. The topological polar surface area (TPSA) is 111 Å². The highest BCUT2D eigenvalue weighted by Gasteiger charge is 2.29. The molecule has 2 rings (SSSR count). The Bertz CT molecular complexity index is 999. The van der Waals surface area contributed by atoms with Crippen molar-refractivity contribution in [1.29, 1.82) is 0 Å². The molecule has 1 N–H and O–H groups in total. The number of rotatable bonds is 7. The SMILES string of the molecule is Cc1c(Cl)cc(S(=O)(=O)NCc2cccnc2OCC(F)(F)F)cc1[N+](=O)[O-]. The van der Waals surface area contributed by atoms with Crippen LogP contribution < -0.4 is 9.46 Å². The molecule has 152 valence electrons. The number of nitro groups is 1. The summed E-state index contributed by atoms with van der Waals surface area (Å²) in [6.07, 6.45) is -3.40. The molecule has 0 bridgehead atoms. The van der Waals surface area contributed by atoms with Crippen molar-refractivity contribution in [2.24, 2.45) is 0 Å². The molecule has 2 aromatic rings. The van der Waals surface area contributed by atoms with Crippen molar-refractivity contribution < 1.29 is 31.2 Å². The van der Waals surface area contributed by atoms with Crippen LogP contribution in [0.25, 0.3) is 0 Å². The fourth-order valence-electron chi connectivity index (χ4n) is 2.08. The molecule has 0 amide bonds. The fraction of sp³-hybridized carbons (Fsp3) is 0.267. The first-order valence-corrected chi connectivity index (χ1v) is 9.34. The van der Waals surface area contributed by atoms with Crippen molar-refractivity contribution in [3.8, 4) is 5.88 Å². The van der Waals surface area contributed by atoms with Gasteiger partial charge >= 0.3 is 6.18 Å². The van der Waals surface area contributed by atoms with Gasteiger partial charge in [-0.15, -0.1) is 0 Å². The van der Waals surface area contributed by atoms with Gasteiger partial charge in [0.2, 0.25) is 15.9 Å². The first-order chi connectivity index (χ1) is 12.9. The second-order valence-electron chi connectivity index (χ2n) is 5.50. The summed E-state index contributed by atoms with van der Waals surface area (Å²) in [4.78, 5) is 13.5. The van der Waals surface area contributed by atoms with Crippen LogP contribution in [0.2, 0.25) is 5.02 Å². The molecule has 1 aromatic heterocycles. The Morgan fingerprint density at radius 3 is 2.64 bits per heavy atom. The lowest BCUT2D eigenvalue weighted by molar-refractivity contribution is -0.385. The van der Waals surface area contributed by atoms with Gasteiger partial charge in [0, 0.05) is 29.9 Å². The van der Waals surface area contributed by atoms with Gasteiger partial charge in [-0.1, -0.05) is 17.7 Å². The van der Waals surface area contributed by atoms with E-state index in [0.717, 1.165) is 12.1 Å². The molecule has 0 aliphatic rings. The van der Waals surface area contributed by atoms with E-state index in [0.29, 0.717) is 0 Å². The molecule has 0 radical (unpaired) electrons. The van der Waals surface area contributed by atoms with E-state index >= 15 is 0 Å². The standard InChI is InChI=1S/C15H13ClF3N3O5S/c1-9-12(16)5-11(6-13(9)22(23)24)28(25,26)21-7-10-3-2-4-20-14(10)27-8-15(17,18)19/h2-6,21H,7-8H2,1H3. The third-order valence-electron chi connectivity index (χ3n) is 3.47. The molecule has 0 saturated heterocycles. The summed E-state index contributed by atoms with van der Waals surface area (Å²) in [5.41, 5.74) is -0.341. The summed E-state index contributed by atoms with van der Waals surface area (Å²) in [7, 11) is -4.26. The number of nitrogens with zero attached hydrogens (tertiary/aromatic N) is 2. The van der Waals surface area contributed by atoms with Gasteiger partial charge in [0.25, 0.3) is 5.69 Å². The average Bonchev–Trinajstić information content (AvgIpc) is 2.60. The van der Waals surface area contributed by atoms with Crippen LogP contribution in [0.3, 0.4) is 0 Å². The predicted molar refractivity (Wildman–Crippen MR) is 92.7 cm³/mol. The van der Waals surface area contributed by atoms with E-state index in [1.54, 1.807) is 0 Å². The summed E-state index contributed by atoms with van der Waals surface area (Å²) in [6.45, 7) is -0.684. The van der Waals surface area contributed by atoms with E-state index in [4.69, 9.17) is 11.6 Å². The van der Waals surface area contributed by atoms with Gasteiger partial charge < -0.3 is 4.74 Å². The lowest BCUT2D eigenvalue weighted by Gasteiger charge is -2.13. The Morgan fingerprint density at radius 1 is 1.36 bits per heavy atom. The van der Waals surface area contributed by atoms with Gasteiger partial charge in [0.15, 0.2) is 6.61 Å². The summed E-state index contributed by atoms with van der Waals surface area (Å²) in [5, 5.41) is 10.9. The Morgan fingerprint density at radius 2 is 2.04 bits per heavy atom. The highest BCUT2D eigenvalue weighted by Crippen LogP contribution is 2.29. The minimum Gasteiger partial charge on any atom is -0.468 e. The number of alkyl halides is 3. The van der Waals surface area contributed by atoms with E-state index in [1.165, 1.54) is 25.3 Å². The largest absolute Gasteiger partial charge is 0.468 e. The lowest BCUT2D eigenvalue weighted by atomic mass is 10.2. The molecule has 0 spiro atoms. The number of nitro benzene ring substituents is 1. The highest BCUT2D eigenvalue weighted by atomic mass is 35.5. The molecule has 28 heavy (non-hydrogen) atoms. The number of pyridine rings is 1. The quantitative estimate of drug-likeness (QED) is 0.523. The second kappa shape index (κ2) is 8.29. The normalized spacial score (nSPS) is 12.0. The average molecular weight is 440 g/mol. The first-order valence-electron chi connectivity index (χ1n) is 7.48. The van der Waals surface area contributed by atoms with Crippen molar-refractivity contribution in [2.45, 2.75) is 24.5 Å². The van der Waals surface area contributed by atoms with E-state index in [9.17, 15) is 31.7 Å². The summed E-state index contributed by atoms with van der Waals surface area (Å²) < 4.78 is 68.5. The smallest absolute Gasteiger partial charge is 0.422 e. The number of benzene rings is 1. The molecule has 8 nitrogen and oxygen atoms in total. The molecule has 0 aliphatic carbocycles. The van der Waals surface area contributed by atoms with Crippen LogP contribution in [0, 0.1) is 17.0 Å². The van der Waals surface area contributed by atoms with Crippen molar-refractivity contribution in [3.05, 3.63) is 56.7 Å². The molecular weight excluding hydrogens is 427 g/mol. The zero-order valence-electron chi connectivity index (χ0n) is 14.2. The predicted octanol–water partition coefficient (Wildman–Crippen LogP) is 3.37. The Labute approximate surface area is 162 Å². The number of nitrogens with one attached hydrogen (secondary N) is 1. The van der Waals surface area contributed by atoms with Gasteiger partial charge in [0.1, 0.15) is 0 Å². The molecule has 0 atom stereocenters. The first kappa shape index (κ1) is 21.9. The Hall–Kier alpha value is -2.44. The zero-order valence-corrected chi connectivity index (χ0v) is 15.7. The maximum absolute atomic E-state index is 12.4. The van der Waals surface area contributed by atoms with Gasteiger partial charge in [-0.05, 0) is 19.1 Å². The van der Waals surface area contributed by atoms with Crippen LogP contribution in [0.5, 0.6) is 5.88 Å². The van der Waals surface area contributed by atoms with Crippen LogP contribution >= 0.6 is 11.6 Å². The van der Waals surface area contributed by atoms with Crippen LogP contribution in [0.15, 0.2) is 35.4 Å². The minimum atomic E-state index is -4.59. The molecule has 0 saturated carbocycles. The van der Waals surface area contributed by atoms with Gasteiger partial charge in [-0.3, -0.25) is 10.1 Å².